The van der Waals surface area contributed by atoms with Crippen LogP contribution in [0.1, 0.15) is 31.9 Å². The van der Waals surface area contributed by atoms with Crippen LogP contribution in [0.25, 0.3) is 6.08 Å². The average molecular weight is 417 g/mol. The lowest BCUT2D eigenvalue weighted by Crippen LogP contribution is -2.41. The Morgan fingerprint density at radius 1 is 1.00 bits per heavy atom. The predicted molar refractivity (Wildman–Crippen MR) is 108 cm³/mol. The summed E-state index contributed by atoms with van der Waals surface area (Å²) in [5, 5.41) is 0.287. The zero-order valence-corrected chi connectivity index (χ0v) is 17.1. The molecule has 0 amide bonds. The second kappa shape index (κ2) is 8.57. The molecule has 0 saturated carbocycles. The van der Waals surface area contributed by atoms with Crippen LogP contribution in [-0.2, 0) is 25.7 Å². The Morgan fingerprint density at radius 3 is 2.24 bits per heavy atom. The fraction of sp³-hybridized carbons (Fsp3) is 0.273. The number of hydrogen-bond acceptors (Lipinski definition) is 6. The minimum absolute atomic E-state index is 0.244. The molecule has 2 aromatic rings. The highest BCUT2D eigenvalue weighted by molar-refractivity contribution is 6.32. The van der Waals surface area contributed by atoms with Gasteiger partial charge in [0.05, 0.1) is 11.6 Å². The fourth-order valence-corrected chi connectivity index (χ4v) is 2.92. The van der Waals surface area contributed by atoms with Crippen molar-refractivity contribution in [3.8, 4) is 11.5 Å². The van der Waals surface area contributed by atoms with E-state index >= 15 is 0 Å². The minimum atomic E-state index is -1.30. The summed E-state index contributed by atoms with van der Waals surface area (Å²) in [6.45, 7) is 5.55. The molecule has 0 unspecified atom stereocenters. The molecule has 0 atom stereocenters. The maximum Gasteiger partial charge on any atom is 0.348 e. The first-order valence-electron chi connectivity index (χ1n) is 9.10. The van der Waals surface area contributed by atoms with Gasteiger partial charge in [-0.05, 0) is 30.2 Å². The van der Waals surface area contributed by atoms with Gasteiger partial charge in [-0.1, -0.05) is 41.9 Å². The summed E-state index contributed by atoms with van der Waals surface area (Å²) < 4.78 is 21.7. The first-order valence-corrected chi connectivity index (χ1v) is 9.48. The molecule has 1 aliphatic rings. The van der Waals surface area contributed by atoms with Gasteiger partial charge in [-0.15, -0.1) is 0 Å². The lowest BCUT2D eigenvalue weighted by molar-refractivity contribution is -0.222. The molecule has 6 nitrogen and oxygen atoms in total. The average Bonchev–Trinajstić information content (AvgIpc) is 2.65. The zero-order valence-electron chi connectivity index (χ0n) is 16.4. The molecule has 0 aromatic heterocycles. The molecule has 0 bridgehead atoms. The summed E-state index contributed by atoms with van der Waals surface area (Å²) in [6.07, 6.45) is 1.33. The standard InChI is InChI=1S/C22H21ClO6/c1-4-26-18-11-15(10-16-20(24)28-22(2,3)29-21(16)25)17(23)12-19(18)27-13-14-8-6-5-7-9-14/h5-12H,4,13H2,1-3H3. The molecule has 0 N–H and O–H groups in total. The van der Waals surface area contributed by atoms with Gasteiger partial charge in [-0.25, -0.2) is 9.59 Å². The second-order valence-electron chi connectivity index (χ2n) is 6.76. The number of esters is 2. The third-order valence-corrected chi connectivity index (χ3v) is 4.34. The Morgan fingerprint density at radius 2 is 1.62 bits per heavy atom. The van der Waals surface area contributed by atoms with Gasteiger partial charge in [0, 0.05) is 19.9 Å². The van der Waals surface area contributed by atoms with E-state index in [0.29, 0.717) is 30.3 Å². The topological polar surface area (TPSA) is 71.1 Å². The van der Waals surface area contributed by atoms with Crippen molar-refractivity contribution in [2.24, 2.45) is 0 Å². The molecule has 1 saturated heterocycles. The normalized spacial score (nSPS) is 15.4. The molecule has 7 heteroatoms. The molecule has 3 rings (SSSR count). The molecule has 29 heavy (non-hydrogen) atoms. The third kappa shape index (κ3) is 5.09. The molecule has 2 aromatic carbocycles. The Bertz CT molecular complexity index is 927. The Balaban J connectivity index is 1.89. The van der Waals surface area contributed by atoms with E-state index in [1.54, 1.807) is 12.1 Å². The van der Waals surface area contributed by atoms with Crippen molar-refractivity contribution < 1.29 is 28.5 Å². The third-order valence-electron chi connectivity index (χ3n) is 4.02. The largest absolute Gasteiger partial charge is 0.490 e. The minimum Gasteiger partial charge on any atom is -0.490 e. The van der Waals surface area contributed by atoms with Gasteiger partial charge in [0.25, 0.3) is 5.79 Å². The van der Waals surface area contributed by atoms with E-state index in [9.17, 15) is 9.59 Å². The molecular weight excluding hydrogens is 396 g/mol. The van der Waals surface area contributed by atoms with Gasteiger partial charge in [0.15, 0.2) is 11.5 Å². The van der Waals surface area contributed by atoms with Crippen LogP contribution in [0.15, 0.2) is 48.0 Å². The number of halogens is 1. The highest BCUT2D eigenvalue weighted by Gasteiger charge is 2.39. The fourth-order valence-electron chi connectivity index (χ4n) is 2.71. The molecular formula is C22H21ClO6. The van der Waals surface area contributed by atoms with Gasteiger partial charge in [-0.3, -0.25) is 0 Å². The number of carbonyl (C=O) groups excluding carboxylic acids is 2. The molecule has 1 heterocycles. The van der Waals surface area contributed by atoms with E-state index in [0.717, 1.165) is 5.56 Å². The quantitative estimate of drug-likeness (QED) is 0.391. The van der Waals surface area contributed by atoms with E-state index in [4.69, 9.17) is 30.5 Å². The van der Waals surface area contributed by atoms with Crippen molar-refractivity contribution in [2.45, 2.75) is 33.2 Å². The van der Waals surface area contributed by atoms with Crippen LogP contribution in [0, 0.1) is 0 Å². The van der Waals surface area contributed by atoms with Crippen LogP contribution < -0.4 is 9.47 Å². The number of carbonyl (C=O) groups is 2. The molecule has 0 radical (unpaired) electrons. The summed E-state index contributed by atoms with van der Waals surface area (Å²) in [5.74, 6) is -1.95. The van der Waals surface area contributed by atoms with Crippen molar-refractivity contribution in [2.75, 3.05) is 6.61 Å². The van der Waals surface area contributed by atoms with Crippen molar-refractivity contribution >= 4 is 29.6 Å². The van der Waals surface area contributed by atoms with E-state index in [1.165, 1.54) is 19.9 Å². The van der Waals surface area contributed by atoms with Gasteiger partial charge >= 0.3 is 11.9 Å². The van der Waals surface area contributed by atoms with Gasteiger partial charge in [0.2, 0.25) is 0 Å². The Hall–Kier alpha value is -2.99. The monoisotopic (exact) mass is 416 g/mol. The van der Waals surface area contributed by atoms with Crippen LogP contribution in [0.2, 0.25) is 5.02 Å². The lowest BCUT2D eigenvalue weighted by atomic mass is 10.1. The number of cyclic esters (lactones) is 2. The van der Waals surface area contributed by atoms with Crippen LogP contribution in [0.5, 0.6) is 11.5 Å². The zero-order chi connectivity index (χ0) is 21.0. The van der Waals surface area contributed by atoms with Gasteiger partial charge in [0.1, 0.15) is 12.2 Å². The SMILES string of the molecule is CCOc1cc(C=C2C(=O)OC(C)(C)OC2=O)c(Cl)cc1OCc1ccccc1. The van der Waals surface area contributed by atoms with Gasteiger partial charge in [-0.2, -0.15) is 0 Å². The van der Waals surface area contributed by atoms with Crippen LogP contribution in [0.4, 0.5) is 0 Å². The van der Waals surface area contributed by atoms with Crippen molar-refractivity contribution in [1.29, 1.82) is 0 Å². The number of benzene rings is 2. The summed E-state index contributed by atoms with van der Waals surface area (Å²) >= 11 is 6.37. The number of ether oxygens (including phenoxy) is 4. The van der Waals surface area contributed by atoms with Gasteiger partial charge < -0.3 is 18.9 Å². The predicted octanol–water partition coefficient (Wildman–Crippen LogP) is 4.54. The summed E-state index contributed by atoms with van der Waals surface area (Å²) in [7, 11) is 0. The van der Waals surface area contributed by atoms with Crippen LogP contribution in [-0.4, -0.2) is 24.3 Å². The van der Waals surface area contributed by atoms with Crippen molar-refractivity contribution in [3.05, 3.63) is 64.2 Å². The van der Waals surface area contributed by atoms with E-state index < -0.39 is 17.7 Å². The van der Waals surface area contributed by atoms with Crippen molar-refractivity contribution in [1.82, 2.24) is 0 Å². The first kappa shape index (κ1) is 20.7. The molecule has 0 aliphatic carbocycles. The lowest BCUT2D eigenvalue weighted by Gasteiger charge is -2.29. The van der Waals surface area contributed by atoms with E-state index in [-0.39, 0.29) is 10.6 Å². The molecule has 1 fully saturated rings. The number of rotatable bonds is 6. The van der Waals surface area contributed by atoms with Crippen molar-refractivity contribution in [3.63, 3.8) is 0 Å². The maximum absolute atomic E-state index is 12.2. The molecule has 152 valence electrons. The van der Waals surface area contributed by atoms with E-state index in [2.05, 4.69) is 0 Å². The van der Waals surface area contributed by atoms with Crippen LogP contribution >= 0.6 is 11.6 Å². The Kier molecular flexibility index (Phi) is 6.13. The smallest absolute Gasteiger partial charge is 0.348 e. The summed E-state index contributed by atoms with van der Waals surface area (Å²) in [4.78, 5) is 24.4. The first-order chi connectivity index (χ1) is 13.8. The number of hydrogen-bond donors (Lipinski definition) is 0. The molecule has 0 spiro atoms. The van der Waals surface area contributed by atoms with E-state index in [1.807, 2.05) is 37.3 Å². The Labute approximate surface area is 174 Å². The summed E-state index contributed by atoms with van der Waals surface area (Å²) in [5.41, 5.74) is 1.16. The highest BCUT2D eigenvalue weighted by Crippen LogP contribution is 2.36. The highest BCUT2D eigenvalue weighted by atomic mass is 35.5. The summed E-state index contributed by atoms with van der Waals surface area (Å²) in [6, 6.07) is 12.9. The second-order valence-corrected chi connectivity index (χ2v) is 7.17. The van der Waals surface area contributed by atoms with Crippen LogP contribution in [0.3, 0.4) is 0 Å². The maximum atomic E-state index is 12.2. The molecule has 1 aliphatic heterocycles.